The SMILES string of the molecule is CN(C)CCOc1ccc([C@@H](O)Cn2cc3c(B(O)O)cccc3n2)cc1. The summed E-state index contributed by atoms with van der Waals surface area (Å²) in [6.45, 7) is 1.70. The number of hydrogen-bond donors (Lipinski definition) is 3. The van der Waals surface area contributed by atoms with Crippen molar-refractivity contribution in [1.82, 2.24) is 14.7 Å². The first-order valence-electron chi connectivity index (χ1n) is 8.82. The molecule has 0 saturated heterocycles. The lowest BCUT2D eigenvalue weighted by Gasteiger charge is -2.13. The highest BCUT2D eigenvalue weighted by Crippen LogP contribution is 2.20. The molecule has 3 N–H and O–H groups in total. The van der Waals surface area contributed by atoms with Crippen LogP contribution >= 0.6 is 0 Å². The van der Waals surface area contributed by atoms with Crippen molar-refractivity contribution in [1.29, 1.82) is 0 Å². The van der Waals surface area contributed by atoms with E-state index in [0.717, 1.165) is 17.9 Å². The average molecular weight is 369 g/mol. The number of likely N-dealkylation sites (N-methyl/N-ethyl adjacent to an activating group) is 1. The molecule has 0 spiro atoms. The molecular formula is C19H24BN3O4. The molecule has 0 unspecified atom stereocenters. The van der Waals surface area contributed by atoms with Crippen LogP contribution in [0.5, 0.6) is 5.75 Å². The van der Waals surface area contributed by atoms with E-state index in [1.807, 2.05) is 43.3 Å². The Labute approximate surface area is 158 Å². The van der Waals surface area contributed by atoms with Crippen molar-refractivity contribution in [2.75, 3.05) is 27.2 Å². The van der Waals surface area contributed by atoms with E-state index in [9.17, 15) is 15.2 Å². The van der Waals surface area contributed by atoms with E-state index in [4.69, 9.17) is 4.74 Å². The molecule has 2 aromatic carbocycles. The summed E-state index contributed by atoms with van der Waals surface area (Å²) in [6, 6.07) is 12.5. The lowest BCUT2D eigenvalue weighted by Crippen LogP contribution is -2.30. The van der Waals surface area contributed by atoms with Gasteiger partial charge >= 0.3 is 7.12 Å². The molecule has 0 bridgehead atoms. The molecule has 0 radical (unpaired) electrons. The molecular weight excluding hydrogens is 345 g/mol. The average Bonchev–Trinajstić information content (AvgIpc) is 3.04. The second-order valence-electron chi connectivity index (χ2n) is 6.74. The van der Waals surface area contributed by atoms with Crippen molar-refractivity contribution in [2.24, 2.45) is 0 Å². The van der Waals surface area contributed by atoms with Gasteiger partial charge in [0.15, 0.2) is 0 Å². The molecule has 1 atom stereocenters. The Morgan fingerprint density at radius 2 is 1.89 bits per heavy atom. The van der Waals surface area contributed by atoms with Gasteiger partial charge < -0.3 is 24.8 Å². The van der Waals surface area contributed by atoms with Gasteiger partial charge in [0.1, 0.15) is 12.4 Å². The highest BCUT2D eigenvalue weighted by atomic mass is 16.5. The fourth-order valence-corrected chi connectivity index (χ4v) is 2.85. The summed E-state index contributed by atoms with van der Waals surface area (Å²) in [5, 5.41) is 34.5. The molecule has 0 amide bonds. The second kappa shape index (κ2) is 8.54. The van der Waals surface area contributed by atoms with Gasteiger partial charge in [-0.15, -0.1) is 0 Å². The number of nitrogens with zero attached hydrogens (tertiary/aromatic N) is 3. The van der Waals surface area contributed by atoms with E-state index in [1.54, 1.807) is 29.1 Å². The monoisotopic (exact) mass is 369 g/mol. The molecule has 0 fully saturated rings. The van der Waals surface area contributed by atoms with Gasteiger partial charge in [0.05, 0.1) is 18.2 Å². The number of aliphatic hydroxyl groups is 1. The molecule has 8 heteroatoms. The third-order valence-corrected chi connectivity index (χ3v) is 4.34. The maximum Gasteiger partial charge on any atom is 0.489 e. The van der Waals surface area contributed by atoms with E-state index in [0.29, 0.717) is 23.0 Å². The summed E-state index contributed by atoms with van der Waals surface area (Å²) in [6.07, 6.45) is 0.976. The van der Waals surface area contributed by atoms with Gasteiger partial charge in [-0.05, 0) is 43.3 Å². The van der Waals surface area contributed by atoms with Crippen LogP contribution in [-0.4, -0.2) is 64.2 Å². The normalized spacial score (nSPS) is 12.5. The number of aromatic nitrogens is 2. The second-order valence-corrected chi connectivity index (χ2v) is 6.74. The van der Waals surface area contributed by atoms with Crippen LogP contribution < -0.4 is 10.2 Å². The van der Waals surface area contributed by atoms with Crippen molar-refractivity contribution >= 4 is 23.5 Å². The molecule has 0 aliphatic carbocycles. The van der Waals surface area contributed by atoms with Gasteiger partial charge in [-0.3, -0.25) is 4.68 Å². The largest absolute Gasteiger partial charge is 0.492 e. The first-order chi connectivity index (χ1) is 12.9. The van der Waals surface area contributed by atoms with E-state index in [1.165, 1.54) is 0 Å². The molecule has 3 rings (SSSR count). The molecule has 0 saturated carbocycles. The van der Waals surface area contributed by atoms with Gasteiger partial charge in [-0.2, -0.15) is 5.10 Å². The van der Waals surface area contributed by atoms with Gasteiger partial charge in [0.2, 0.25) is 0 Å². The van der Waals surface area contributed by atoms with Crippen LogP contribution in [0.25, 0.3) is 10.9 Å². The Balaban J connectivity index is 1.67. The number of rotatable bonds is 8. The predicted octanol–water partition coefficient (Wildman–Crippen LogP) is 0.390. The molecule has 7 nitrogen and oxygen atoms in total. The summed E-state index contributed by atoms with van der Waals surface area (Å²) in [5.74, 6) is 0.763. The highest BCUT2D eigenvalue weighted by molar-refractivity contribution is 6.61. The Kier molecular flexibility index (Phi) is 6.13. The molecule has 1 aromatic heterocycles. The van der Waals surface area contributed by atoms with E-state index < -0.39 is 13.2 Å². The topological polar surface area (TPSA) is 91.0 Å². The van der Waals surface area contributed by atoms with Crippen molar-refractivity contribution in [3.8, 4) is 5.75 Å². The summed E-state index contributed by atoms with van der Waals surface area (Å²) in [7, 11) is 2.42. The number of aliphatic hydroxyl groups excluding tert-OH is 1. The van der Waals surface area contributed by atoms with Crippen molar-refractivity contribution in [3.63, 3.8) is 0 Å². The first kappa shape index (κ1) is 19.4. The smallest absolute Gasteiger partial charge is 0.489 e. The maximum absolute atomic E-state index is 10.5. The lowest BCUT2D eigenvalue weighted by atomic mass is 9.78. The predicted molar refractivity (Wildman–Crippen MR) is 105 cm³/mol. The number of fused-ring (bicyclic) bond motifs is 1. The standard InChI is InChI=1S/C19H24BN3O4/c1-22(2)10-11-27-15-8-6-14(7-9-15)19(24)13-23-12-16-17(20(25)26)4-3-5-18(16)21-23/h3-9,12,19,24-26H,10-11,13H2,1-2H3/t19-/m0/s1. The summed E-state index contributed by atoms with van der Waals surface area (Å²) < 4.78 is 7.27. The molecule has 0 aliphatic rings. The highest BCUT2D eigenvalue weighted by Gasteiger charge is 2.17. The molecule has 3 aromatic rings. The zero-order chi connectivity index (χ0) is 19.4. The van der Waals surface area contributed by atoms with Crippen molar-refractivity contribution < 1.29 is 19.9 Å². The third-order valence-electron chi connectivity index (χ3n) is 4.34. The van der Waals surface area contributed by atoms with E-state index >= 15 is 0 Å². The molecule has 27 heavy (non-hydrogen) atoms. The van der Waals surface area contributed by atoms with Crippen LogP contribution in [0.1, 0.15) is 11.7 Å². The van der Waals surface area contributed by atoms with Crippen LogP contribution in [0.2, 0.25) is 0 Å². The summed E-state index contributed by atoms with van der Waals surface area (Å²) >= 11 is 0. The van der Waals surface area contributed by atoms with Crippen LogP contribution in [0.3, 0.4) is 0 Å². The van der Waals surface area contributed by atoms with Gasteiger partial charge in [-0.1, -0.05) is 24.3 Å². The molecule has 0 aliphatic heterocycles. The number of ether oxygens (including phenoxy) is 1. The van der Waals surface area contributed by atoms with Crippen molar-refractivity contribution in [2.45, 2.75) is 12.6 Å². The Morgan fingerprint density at radius 1 is 1.15 bits per heavy atom. The van der Waals surface area contributed by atoms with Gasteiger partial charge in [0, 0.05) is 18.1 Å². The molecule has 142 valence electrons. The van der Waals surface area contributed by atoms with E-state index in [2.05, 4.69) is 5.10 Å². The maximum atomic E-state index is 10.5. The van der Waals surface area contributed by atoms with Crippen LogP contribution in [0.15, 0.2) is 48.7 Å². The summed E-state index contributed by atoms with van der Waals surface area (Å²) in [5.41, 5.74) is 1.81. The Morgan fingerprint density at radius 3 is 2.56 bits per heavy atom. The van der Waals surface area contributed by atoms with Gasteiger partial charge in [-0.25, -0.2) is 0 Å². The first-order valence-corrected chi connectivity index (χ1v) is 8.82. The Hall–Kier alpha value is -2.39. The number of hydrogen-bond acceptors (Lipinski definition) is 6. The van der Waals surface area contributed by atoms with E-state index in [-0.39, 0.29) is 6.54 Å². The fraction of sp³-hybridized carbons (Fsp3) is 0.316. The Bertz CT molecular complexity index is 880. The number of benzene rings is 2. The zero-order valence-corrected chi connectivity index (χ0v) is 15.5. The minimum Gasteiger partial charge on any atom is -0.492 e. The van der Waals surface area contributed by atoms with Crippen LogP contribution in [-0.2, 0) is 6.54 Å². The summed E-state index contributed by atoms with van der Waals surface area (Å²) in [4.78, 5) is 2.05. The third kappa shape index (κ3) is 4.87. The minimum absolute atomic E-state index is 0.260. The van der Waals surface area contributed by atoms with Crippen molar-refractivity contribution in [3.05, 3.63) is 54.2 Å². The van der Waals surface area contributed by atoms with Crippen LogP contribution in [0.4, 0.5) is 0 Å². The quantitative estimate of drug-likeness (QED) is 0.498. The minimum atomic E-state index is -1.56. The van der Waals surface area contributed by atoms with Gasteiger partial charge in [0.25, 0.3) is 0 Å². The fourth-order valence-electron chi connectivity index (χ4n) is 2.85. The molecule has 1 heterocycles. The van der Waals surface area contributed by atoms with Crippen LogP contribution in [0, 0.1) is 0 Å². The lowest BCUT2D eigenvalue weighted by molar-refractivity contribution is 0.151. The zero-order valence-electron chi connectivity index (χ0n) is 15.5.